The lowest BCUT2D eigenvalue weighted by molar-refractivity contribution is -0.144. The zero-order valence-electron chi connectivity index (χ0n) is 18.9. The molecule has 188 valence electrons. The van der Waals surface area contributed by atoms with Gasteiger partial charge in [-0.15, -0.1) is 0 Å². The van der Waals surface area contributed by atoms with Gasteiger partial charge < -0.3 is 43.4 Å². The lowest BCUT2D eigenvalue weighted by atomic mass is 10.0. The average Bonchev–Trinajstić information content (AvgIpc) is 2.77. The van der Waals surface area contributed by atoms with E-state index in [4.69, 9.17) is 22.3 Å². The van der Waals surface area contributed by atoms with Crippen LogP contribution in [0.2, 0.25) is 0 Å². The number of nitrogens with two attached hydrogens (primary N) is 3. The van der Waals surface area contributed by atoms with Gasteiger partial charge in [-0.2, -0.15) is 0 Å². The van der Waals surface area contributed by atoms with Gasteiger partial charge in [-0.3, -0.25) is 19.4 Å². The van der Waals surface area contributed by atoms with Crippen molar-refractivity contribution in [3.63, 3.8) is 0 Å². The van der Waals surface area contributed by atoms with Crippen molar-refractivity contribution in [2.24, 2.45) is 22.2 Å². The number of aliphatic carboxylic acids is 1. The molecule has 0 saturated heterocycles. The van der Waals surface area contributed by atoms with Gasteiger partial charge in [0.25, 0.3) is 0 Å². The Morgan fingerprint density at radius 2 is 1.71 bits per heavy atom. The summed E-state index contributed by atoms with van der Waals surface area (Å²) in [5, 5.41) is 25.5. The van der Waals surface area contributed by atoms with Crippen LogP contribution in [-0.4, -0.2) is 77.2 Å². The highest BCUT2D eigenvalue weighted by Gasteiger charge is 2.27. The highest BCUT2D eigenvalue weighted by atomic mass is 16.4. The Morgan fingerprint density at radius 1 is 1.06 bits per heavy atom. The summed E-state index contributed by atoms with van der Waals surface area (Å²) in [6, 6.07) is 5.63. The van der Waals surface area contributed by atoms with Crippen molar-refractivity contribution in [3.8, 4) is 0 Å². The number of aliphatic hydroxyl groups is 1. The monoisotopic (exact) mass is 479 g/mol. The van der Waals surface area contributed by atoms with Crippen LogP contribution < -0.4 is 33.2 Å². The normalized spacial score (nSPS) is 14.1. The minimum absolute atomic E-state index is 0.113. The van der Waals surface area contributed by atoms with Gasteiger partial charge in [0.1, 0.15) is 6.04 Å². The zero-order valence-corrected chi connectivity index (χ0v) is 18.9. The van der Waals surface area contributed by atoms with Gasteiger partial charge >= 0.3 is 5.97 Å². The van der Waals surface area contributed by atoms with Crippen LogP contribution >= 0.6 is 0 Å². The quantitative estimate of drug-likeness (QED) is 0.0778. The lowest BCUT2D eigenvalue weighted by Crippen LogP contribution is -2.54. The Morgan fingerprint density at radius 3 is 2.26 bits per heavy atom. The highest BCUT2D eigenvalue weighted by molar-refractivity contribution is 5.92. The Labute approximate surface area is 197 Å². The third-order valence-electron chi connectivity index (χ3n) is 4.70. The number of rotatable bonds is 14. The summed E-state index contributed by atoms with van der Waals surface area (Å²) >= 11 is 0. The van der Waals surface area contributed by atoms with Crippen LogP contribution in [0.15, 0.2) is 35.3 Å². The van der Waals surface area contributed by atoms with E-state index < -0.39 is 54.5 Å². The second kappa shape index (κ2) is 14.4. The highest BCUT2D eigenvalue weighted by Crippen LogP contribution is 2.04. The summed E-state index contributed by atoms with van der Waals surface area (Å²) in [7, 11) is 0. The number of benzene rings is 1. The van der Waals surface area contributed by atoms with Gasteiger partial charge in [-0.25, -0.2) is 4.79 Å². The van der Waals surface area contributed by atoms with E-state index in [9.17, 15) is 24.3 Å². The number of carbonyl (C=O) groups excluding carboxylic acids is 3. The molecule has 13 nitrogen and oxygen atoms in total. The summed E-state index contributed by atoms with van der Waals surface area (Å²) in [4.78, 5) is 52.1. The van der Waals surface area contributed by atoms with Gasteiger partial charge in [0.2, 0.25) is 17.7 Å². The zero-order chi connectivity index (χ0) is 25.7. The van der Waals surface area contributed by atoms with Gasteiger partial charge in [0, 0.05) is 6.54 Å². The van der Waals surface area contributed by atoms with Crippen LogP contribution in [-0.2, 0) is 25.6 Å². The van der Waals surface area contributed by atoms with E-state index in [2.05, 4.69) is 20.9 Å². The molecule has 13 heteroatoms. The van der Waals surface area contributed by atoms with E-state index in [-0.39, 0.29) is 25.3 Å². The van der Waals surface area contributed by atoms with Crippen molar-refractivity contribution in [1.82, 2.24) is 16.0 Å². The minimum atomic E-state index is -1.53. The van der Waals surface area contributed by atoms with Crippen molar-refractivity contribution in [2.75, 3.05) is 13.1 Å². The molecule has 4 unspecified atom stereocenters. The van der Waals surface area contributed by atoms with E-state index in [0.717, 1.165) is 5.56 Å². The topological polar surface area (TPSA) is 235 Å². The van der Waals surface area contributed by atoms with Crippen LogP contribution in [0, 0.1) is 0 Å². The first kappa shape index (κ1) is 28.3. The predicted molar refractivity (Wildman–Crippen MR) is 124 cm³/mol. The summed E-state index contributed by atoms with van der Waals surface area (Å²) < 4.78 is 0. The number of nitrogens with one attached hydrogen (secondary N) is 3. The fourth-order valence-corrected chi connectivity index (χ4v) is 2.92. The molecule has 1 rings (SSSR count). The van der Waals surface area contributed by atoms with E-state index in [0.29, 0.717) is 6.42 Å². The number of carboxylic acids is 1. The van der Waals surface area contributed by atoms with Crippen LogP contribution in [0.3, 0.4) is 0 Å². The molecule has 0 radical (unpaired) electrons. The first-order valence-electron chi connectivity index (χ1n) is 10.6. The summed E-state index contributed by atoms with van der Waals surface area (Å²) in [5.74, 6) is -3.60. The first-order valence-corrected chi connectivity index (χ1v) is 10.6. The third-order valence-corrected chi connectivity index (χ3v) is 4.70. The van der Waals surface area contributed by atoms with E-state index in [1.54, 1.807) is 0 Å². The van der Waals surface area contributed by atoms with Crippen molar-refractivity contribution in [3.05, 3.63) is 35.9 Å². The second-order valence-corrected chi connectivity index (χ2v) is 7.65. The van der Waals surface area contributed by atoms with Crippen molar-refractivity contribution in [1.29, 1.82) is 0 Å². The Hall–Kier alpha value is -3.71. The maximum Gasteiger partial charge on any atom is 0.328 e. The molecule has 1 aromatic rings. The number of hydrogen-bond donors (Lipinski definition) is 8. The average molecular weight is 480 g/mol. The van der Waals surface area contributed by atoms with E-state index in [1.165, 1.54) is 6.92 Å². The molecule has 0 aliphatic carbocycles. The van der Waals surface area contributed by atoms with Crippen LogP contribution in [0.1, 0.15) is 25.3 Å². The number of carbonyl (C=O) groups is 4. The molecule has 0 heterocycles. The molecular formula is C21H33N7O6. The fraction of sp³-hybridized carbons (Fsp3) is 0.476. The number of hydrogen-bond acceptors (Lipinski definition) is 7. The number of carboxylic acid groups (broad SMARTS) is 1. The number of aliphatic hydroxyl groups excluding tert-OH is 1. The summed E-state index contributed by atoms with van der Waals surface area (Å²) in [6.07, 6.45) is -0.586. The number of aliphatic imine (C=N–C) groups is 1. The Kier molecular flexibility index (Phi) is 12.0. The van der Waals surface area contributed by atoms with Gasteiger partial charge in [0.15, 0.2) is 12.0 Å². The maximum atomic E-state index is 12.6. The molecule has 0 saturated carbocycles. The number of guanidine groups is 1. The van der Waals surface area contributed by atoms with Crippen molar-refractivity contribution in [2.45, 2.75) is 50.4 Å². The summed E-state index contributed by atoms with van der Waals surface area (Å²) in [5.41, 5.74) is 17.4. The first-order chi connectivity index (χ1) is 16.0. The van der Waals surface area contributed by atoms with E-state index in [1.807, 2.05) is 30.3 Å². The molecule has 1 aromatic carbocycles. The fourth-order valence-electron chi connectivity index (χ4n) is 2.92. The molecule has 0 fully saturated rings. The van der Waals surface area contributed by atoms with E-state index >= 15 is 0 Å². The predicted octanol–water partition coefficient (Wildman–Crippen LogP) is -2.84. The van der Waals surface area contributed by atoms with Gasteiger partial charge in [-0.1, -0.05) is 30.3 Å². The Bertz CT molecular complexity index is 858. The number of amides is 3. The molecule has 11 N–H and O–H groups in total. The molecule has 3 amide bonds. The standard InChI is InChI=1S/C21H33N7O6/c1-12(29)17(20(33)34)28-16(30)11-26-19(32)15(8-5-9-25-21(23)24)27-18(31)14(22)10-13-6-3-2-4-7-13/h2-4,6-7,12,14-15,17,29H,5,8-11,22H2,1H3,(H,26,32)(H,27,31)(H,28,30)(H,33,34)(H4,23,24,25). The lowest BCUT2D eigenvalue weighted by Gasteiger charge is -2.21. The van der Waals surface area contributed by atoms with Gasteiger partial charge in [0.05, 0.1) is 18.7 Å². The van der Waals surface area contributed by atoms with Crippen LogP contribution in [0.25, 0.3) is 0 Å². The van der Waals surface area contributed by atoms with Crippen LogP contribution in [0.4, 0.5) is 0 Å². The molecular weight excluding hydrogens is 446 g/mol. The molecule has 0 aliphatic heterocycles. The molecule has 0 aliphatic rings. The SMILES string of the molecule is CC(O)C(NC(=O)CNC(=O)C(CCCN=C(N)N)NC(=O)C(N)Cc1ccccc1)C(=O)O. The molecule has 4 atom stereocenters. The van der Waals surface area contributed by atoms with Crippen molar-refractivity contribution >= 4 is 29.7 Å². The Balaban J connectivity index is 2.74. The summed E-state index contributed by atoms with van der Waals surface area (Å²) in [6.45, 7) is 0.858. The van der Waals surface area contributed by atoms with Gasteiger partial charge in [-0.05, 0) is 31.7 Å². The molecule has 0 bridgehead atoms. The molecule has 34 heavy (non-hydrogen) atoms. The second-order valence-electron chi connectivity index (χ2n) is 7.65. The minimum Gasteiger partial charge on any atom is -0.480 e. The number of nitrogens with zero attached hydrogens (tertiary/aromatic N) is 1. The maximum absolute atomic E-state index is 12.6. The smallest absolute Gasteiger partial charge is 0.328 e. The third kappa shape index (κ3) is 10.7. The largest absolute Gasteiger partial charge is 0.480 e. The van der Waals surface area contributed by atoms with Crippen molar-refractivity contribution < 1.29 is 29.4 Å². The molecule has 0 aromatic heterocycles. The van der Waals surface area contributed by atoms with Crippen LogP contribution in [0.5, 0.6) is 0 Å². The molecule has 0 spiro atoms.